The first-order chi connectivity index (χ1) is 7.63. The van der Waals surface area contributed by atoms with E-state index in [2.05, 4.69) is 5.32 Å². The summed E-state index contributed by atoms with van der Waals surface area (Å²) in [6.07, 6.45) is 4.27. The summed E-state index contributed by atoms with van der Waals surface area (Å²) in [4.78, 5) is 24.5. The number of carbonyl (C=O) groups excluding carboxylic acids is 2. The van der Waals surface area contributed by atoms with Gasteiger partial charge < -0.3 is 16.0 Å². The Bertz CT molecular complexity index is 252. The predicted octanol–water partition coefficient (Wildman–Crippen LogP) is -0.148. The Hall–Kier alpha value is -1.10. The van der Waals surface area contributed by atoms with Gasteiger partial charge in [-0.2, -0.15) is 0 Å². The molecule has 0 unspecified atom stereocenters. The number of hydrogen-bond acceptors (Lipinski definition) is 3. The fourth-order valence-electron chi connectivity index (χ4n) is 1.42. The lowest BCUT2D eigenvalue weighted by molar-refractivity contribution is -0.134. The van der Waals surface area contributed by atoms with Gasteiger partial charge in [-0.25, -0.2) is 0 Å². The maximum absolute atomic E-state index is 11.6. The van der Waals surface area contributed by atoms with Crippen molar-refractivity contribution in [2.45, 2.75) is 38.1 Å². The lowest BCUT2D eigenvalue weighted by Crippen LogP contribution is -2.39. The van der Waals surface area contributed by atoms with Gasteiger partial charge in [-0.05, 0) is 32.2 Å². The molecule has 16 heavy (non-hydrogen) atoms. The van der Waals surface area contributed by atoms with Crippen molar-refractivity contribution < 1.29 is 9.59 Å². The van der Waals surface area contributed by atoms with Crippen LogP contribution in [0.3, 0.4) is 0 Å². The summed E-state index contributed by atoms with van der Waals surface area (Å²) in [5, 5.41) is 2.85. The molecule has 5 nitrogen and oxygen atoms in total. The van der Waals surface area contributed by atoms with Crippen LogP contribution in [-0.2, 0) is 9.59 Å². The number of unbranched alkanes of at least 4 members (excludes halogenated alkanes) is 1. The molecule has 0 bridgehead atoms. The van der Waals surface area contributed by atoms with Crippen LogP contribution < -0.4 is 11.1 Å². The molecule has 0 heterocycles. The highest BCUT2D eigenvalue weighted by atomic mass is 16.2. The number of rotatable bonds is 7. The maximum Gasteiger partial charge on any atom is 0.239 e. The third-order valence-electron chi connectivity index (χ3n) is 2.59. The van der Waals surface area contributed by atoms with Gasteiger partial charge in [-0.15, -0.1) is 0 Å². The van der Waals surface area contributed by atoms with E-state index in [0.717, 1.165) is 25.7 Å². The Morgan fingerprint density at radius 1 is 1.38 bits per heavy atom. The average Bonchev–Trinajstić information content (AvgIpc) is 3.01. The summed E-state index contributed by atoms with van der Waals surface area (Å²) in [7, 11) is 1.66. The zero-order valence-electron chi connectivity index (χ0n) is 9.87. The molecule has 92 valence electrons. The van der Waals surface area contributed by atoms with Crippen LogP contribution in [0.2, 0.25) is 0 Å². The van der Waals surface area contributed by atoms with E-state index in [4.69, 9.17) is 5.73 Å². The van der Waals surface area contributed by atoms with Crippen molar-refractivity contribution in [3.05, 3.63) is 0 Å². The zero-order chi connectivity index (χ0) is 12.0. The first-order valence-electron chi connectivity index (χ1n) is 5.87. The number of amides is 2. The summed E-state index contributed by atoms with van der Waals surface area (Å²) < 4.78 is 0. The first-order valence-corrected chi connectivity index (χ1v) is 5.87. The van der Waals surface area contributed by atoms with Crippen LogP contribution in [0.25, 0.3) is 0 Å². The van der Waals surface area contributed by atoms with E-state index in [1.165, 1.54) is 4.90 Å². The Kier molecular flexibility index (Phi) is 5.25. The molecule has 0 aromatic carbocycles. The number of nitrogens with zero attached hydrogens (tertiary/aromatic N) is 1. The fourth-order valence-corrected chi connectivity index (χ4v) is 1.42. The van der Waals surface area contributed by atoms with Crippen LogP contribution in [-0.4, -0.2) is 42.9 Å². The summed E-state index contributed by atoms with van der Waals surface area (Å²) in [6, 6.07) is 0.355. The van der Waals surface area contributed by atoms with Crippen LogP contribution in [0.5, 0.6) is 0 Å². The van der Waals surface area contributed by atoms with Gasteiger partial charge in [0.25, 0.3) is 0 Å². The summed E-state index contributed by atoms with van der Waals surface area (Å²) >= 11 is 0. The molecule has 1 aliphatic carbocycles. The van der Waals surface area contributed by atoms with Gasteiger partial charge in [0.2, 0.25) is 11.8 Å². The summed E-state index contributed by atoms with van der Waals surface area (Å²) in [6.45, 7) is 0.775. The molecule has 2 amide bonds. The molecule has 0 atom stereocenters. The topological polar surface area (TPSA) is 75.4 Å². The van der Waals surface area contributed by atoms with Crippen molar-refractivity contribution in [3.63, 3.8) is 0 Å². The predicted molar refractivity (Wildman–Crippen MR) is 61.7 cm³/mol. The number of carbonyl (C=O) groups is 2. The Labute approximate surface area is 96.4 Å². The van der Waals surface area contributed by atoms with E-state index in [9.17, 15) is 9.59 Å². The SMILES string of the molecule is CN(CC(=O)NC1CC1)C(=O)CCCCN. The van der Waals surface area contributed by atoms with Crippen LogP contribution in [0, 0.1) is 0 Å². The van der Waals surface area contributed by atoms with E-state index >= 15 is 0 Å². The summed E-state index contributed by atoms with van der Waals surface area (Å²) in [5.74, 6) is -0.0448. The van der Waals surface area contributed by atoms with Gasteiger partial charge in [-0.3, -0.25) is 9.59 Å². The first kappa shape index (κ1) is 13.0. The van der Waals surface area contributed by atoms with E-state index < -0.39 is 0 Å². The molecule has 1 rings (SSSR count). The lowest BCUT2D eigenvalue weighted by Gasteiger charge is -2.16. The van der Waals surface area contributed by atoms with Gasteiger partial charge in [0.05, 0.1) is 6.54 Å². The van der Waals surface area contributed by atoms with Crippen molar-refractivity contribution in [2.24, 2.45) is 5.73 Å². The van der Waals surface area contributed by atoms with E-state index in [0.29, 0.717) is 19.0 Å². The molecule has 0 radical (unpaired) electrons. The fraction of sp³-hybridized carbons (Fsp3) is 0.818. The Morgan fingerprint density at radius 3 is 2.62 bits per heavy atom. The third kappa shape index (κ3) is 5.11. The van der Waals surface area contributed by atoms with Crippen molar-refractivity contribution in [1.82, 2.24) is 10.2 Å². The van der Waals surface area contributed by atoms with E-state index in [1.54, 1.807) is 7.05 Å². The molecular formula is C11H21N3O2. The molecule has 1 saturated carbocycles. The number of nitrogens with two attached hydrogens (primary N) is 1. The van der Waals surface area contributed by atoms with Crippen LogP contribution >= 0.6 is 0 Å². The molecular weight excluding hydrogens is 206 g/mol. The monoisotopic (exact) mass is 227 g/mol. The minimum Gasteiger partial charge on any atom is -0.352 e. The Balaban J connectivity index is 2.13. The molecule has 1 fully saturated rings. The zero-order valence-corrected chi connectivity index (χ0v) is 9.87. The number of hydrogen-bond donors (Lipinski definition) is 2. The van der Waals surface area contributed by atoms with Crippen molar-refractivity contribution in [1.29, 1.82) is 0 Å². The van der Waals surface area contributed by atoms with Gasteiger partial charge >= 0.3 is 0 Å². The number of nitrogens with one attached hydrogen (secondary N) is 1. The maximum atomic E-state index is 11.6. The number of likely N-dealkylation sites (N-methyl/N-ethyl adjacent to an activating group) is 1. The van der Waals surface area contributed by atoms with Gasteiger partial charge in [-0.1, -0.05) is 0 Å². The average molecular weight is 227 g/mol. The van der Waals surface area contributed by atoms with Crippen LogP contribution in [0.4, 0.5) is 0 Å². The molecule has 3 N–H and O–H groups in total. The van der Waals surface area contributed by atoms with Gasteiger partial charge in [0, 0.05) is 19.5 Å². The minimum absolute atomic E-state index is 0.0133. The second-order valence-electron chi connectivity index (χ2n) is 4.34. The molecule has 5 heteroatoms. The second-order valence-corrected chi connectivity index (χ2v) is 4.34. The highest BCUT2D eigenvalue weighted by Crippen LogP contribution is 2.18. The highest BCUT2D eigenvalue weighted by Gasteiger charge is 2.24. The molecule has 0 aliphatic heterocycles. The largest absolute Gasteiger partial charge is 0.352 e. The molecule has 0 aromatic rings. The van der Waals surface area contributed by atoms with E-state index in [-0.39, 0.29) is 18.4 Å². The van der Waals surface area contributed by atoms with Gasteiger partial charge in [0.1, 0.15) is 0 Å². The van der Waals surface area contributed by atoms with Gasteiger partial charge in [0.15, 0.2) is 0 Å². The standard InChI is InChI=1S/C11H21N3O2/c1-14(11(16)4-2-3-7-12)8-10(15)13-9-5-6-9/h9H,2-8,12H2,1H3,(H,13,15). The van der Waals surface area contributed by atoms with Crippen LogP contribution in [0.1, 0.15) is 32.1 Å². The Morgan fingerprint density at radius 2 is 2.06 bits per heavy atom. The second kappa shape index (κ2) is 6.48. The van der Waals surface area contributed by atoms with Crippen molar-refractivity contribution in [3.8, 4) is 0 Å². The smallest absolute Gasteiger partial charge is 0.239 e. The normalized spacial score (nSPS) is 14.6. The lowest BCUT2D eigenvalue weighted by atomic mass is 10.2. The molecule has 0 saturated heterocycles. The van der Waals surface area contributed by atoms with Crippen LogP contribution in [0.15, 0.2) is 0 Å². The van der Waals surface area contributed by atoms with Crippen molar-refractivity contribution >= 4 is 11.8 Å². The minimum atomic E-state index is -0.0582. The van der Waals surface area contributed by atoms with Crippen molar-refractivity contribution in [2.75, 3.05) is 20.1 Å². The molecule has 1 aliphatic rings. The molecule has 0 aromatic heterocycles. The molecule has 0 spiro atoms. The third-order valence-corrected chi connectivity index (χ3v) is 2.59. The summed E-state index contributed by atoms with van der Waals surface area (Å²) in [5.41, 5.74) is 5.34. The quantitative estimate of drug-likeness (QED) is 0.594. The highest BCUT2D eigenvalue weighted by molar-refractivity contribution is 5.84. The van der Waals surface area contributed by atoms with E-state index in [1.807, 2.05) is 0 Å².